The Kier molecular flexibility index (Phi) is 7.73. The van der Waals surface area contributed by atoms with Crippen molar-refractivity contribution in [1.82, 2.24) is 9.80 Å². The van der Waals surface area contributed by atoms with Gasteiger partial charge in [0, 0.05) is 48.6 Å². The third-order valence-corrected chi connectivity index (χ3v) is 7.85. The maximum atomic E-state index is 13.2. The normalized spacial score (nSPS) is 19.6. The number of carbonyl (C=O) groups excluding carboxylic acids is 2. The smallest absolute Gasteiger partial charge is 0.241 e. The molecule has 4 rings (SSSR count). The third kappa shape index (κ3) is 5.96. The average molecular weight is 467 g/mol. The average Bonchev–Trinajstić information content (AvgIpc) is 2.96. The molecule has 2 aliphatic heterocycles. The van der Waals surface area contributed by atoms with Crippen LogP contribution in [0.2, 0.25) is 0 Å². The summed E-state index contributed by atoms with van der Waals surface area (Å²) in [4.78, 5) is 33.3. The number of nitrogens with zero attached hydrogens (tertiary/aromatic N) is 3. The monoisotopic (exact) mass is 466 g/mol. The second kappa shape index (κ2) is 10.7. The summed E-state index contributed by atoms with van der Waals surface area (Å²) >= 11 is 1.86. The molecule has 1 unspecified atom stereocenters. The van der Waals surface area contributed by atoms with Crippen LogP contribution in [0.1, 0.15) is 24.5 Å². The lowest BCUT2D eigenvalue weighted by molar-refractivity contribution is -0.121. The Balaban J connectivity index is 1.27. The van der Waals surface area contributed by atoms with E-state index < -0.39 is 0 Å². The van der Waals surface area contributed by atoms with Crippen molar-refractivity contribution in [3.05, 3.63) is 53.6 Å². The maximum absolute atomic E-state index is 13.2. The Labute approximate surface area is 201 Å². The van der Waals surface area contributed by atoms with E-state index in [1.165, 1.54) is 10.5 Å². The topological polar surface area (TPSA) is 55.9 Å². The summed E-state index contributed by atoms with van der Waals surface area (Å²) < 4.78 is 0. The lowest BCUT2D eigenvalue weighted by atomic mass is 10.1. The summed E-state index contributed by atoms with van der Waals surface area (Å²) in [5.74, 6) is 0.180. The number of thioether (sulfide) groups is 1. The van der Waals surface area contributed by atoms with Crippen molar-refractivity contribution in [2.24, 2.45) is 0 Å². The molecule has 1 saturated heterocycles. The molecule has 2 aliphatic rings. The number of para-hydroxylation sites is 1. The number of carbonyl (C=O) groups is 2. The molecule has 2 aromatic carbocycles. The minimum atomic E-state index is 0.0148. The Morgan fingerprint density at radius 2 is 1.64 bits per heavy atom. The van der Waals surface area contributed by atoms with E-state index in [0.717, 1.165) is 56.1 Å². The zero-order valence-electron chi connectivity index (χ0n) is 19.8. The molecular weight excluding hydrogens is 432 g/mol. The third-order valence-electron chi connectivity index (χ3n) is 6.61. The SMILES string of the molecule is Cc1cccc(NC(=O)CN2CCN(CC(=O)N3CCC(C)Sc4ccccc43)CC2)c1C. The number of benzene rings is 2. The number of fused-ring (bicyclic) bond motifs is 1. The first kappa shape index (κ1) is 23.8. The Morgan fingerprint density at radius 1 is 0.939 bits per heavy atom. The molecule has 0 bridgehead atoms. The predicted molar refractivity (Wildman–Crippen MR) is 136 cm³/mol. The molecule has 1 fully saturated rings. The summed E-state index contributed by atoms with van der Waals surface area (Å²) in [5, 5.41) is 3.55. The largest absolute Gasteiger partial charge is 0.325 e. The highest BCUT2D eigenvalue weighted by atomic mass is 32.2. The van der Waals surface area contributed by atoms with Gasteiger partial charge in [0.25, 0.3) is 0 Å². The molecule has 0 radical (unpaired) electrons. The second-order valence-electron chi connectivity index (χ2n) is 9.08. The van der Waals surface area contributed by atoms with Crippen LogP contribution in [-0.2, 0) is 9.59 Å². The van der Waals surface area contributed by atoms with Crippen LogP contribution in [-0.4, -0.2) is 72.7 Å². The molecule has 0 spiro atoms. The number of hydrogen-bond acceptors (Lipinski definition) is 5. The van der Waals surface area contributed by atoms with Crippen LogP contribution in [0, 0.1) is 13.8 Å². The van der Waals surface area contributed by atoms with E-state index in [2.05, 4.69) is 47.2 Å². The van der Waals surface area contributed by atoms with E-state index in [4.69, 9.17) is 0 Å². The summed E-state index contributed by atoms with van der Waals surface area (Å²) in [6.45, 7) is 11.0. The van der Waals surface area contributed by atoms with Gasteiger partial charge in [-0.2, -0.15) is 0 Å². The van der Waals surface area contributed by atoms with Gasteiger partial charge in [0.05, 0.1) is 18.8 Å². The molecule has 176 valence electrons. The highest BCUT2D eigenvalue weighted by Gasteiger charge is 2.27. The van der Waals surface area contributed by atoms with Crippen LogP contribution < -0.4 is 10.2 Å². The highest BCUT2D eigenvalue weighted by Crippen LogP contribution is 2.37. The van der Waals surface area contributed by atoms with Gasteiger partial charge in [0.2, 0.25) is 11.8 Å². The van der Waals surface area contributed by atoms with Crippen molar-refractivity contribution in [2.45, 2.75) is 37.3 Å². The quantitative estimate of drug-likeness (QED) is 0.727. The fourth-order valence-electron chi connectivity index (χ4n) is 4.41. The van der Waals surface area contributed by atoms with Crippen LogP contribution in [0.5, 0.6) is 0 Å². The number of rotatable bonds is 5. The molecule has 0 saturated carbocycles. The van der Waals surface area contributed by atoms with Crippen LogP contribution in [0.4, 0.5) is 11.4 Å². The number of nitrogens with one attached hydrogen (secondary N) is 1. The molecule has 1 N–H and O–H groups in total. The van der Waals surface area contributed by atoms with Gasteiger partial charge in [-0.05, 0) is 49.6 Å². The molecule has 1 atom stereocenters. The minimum Gasteiger partial charge on any atom is -0.325 e. The molecular formula is C26H34N4O2S. The Morgan fingerprint density at radius 3 is 2.39 bits per heavy atom. The van der Waals surface area contributed by atoms with Gasteiger partial charge in [-0.3, -0.25) is 19.4 Å². The number of amides is 2. The first-order valence-electron chi connectivity index (χ1n) is 11.8. The van der Waals surface area contributed by atoms with Crippen molar-refractivity contribution in [1.29, 1.82) is 0 Å². The van der Waals surface area contributed by atoms with Crippen LogP contribution in [0.15, 0.2) is 47.4 Å². The van der Waals surface area contributed by atoms with E-state index in [0.29, 0.717) is 18.3 Å². The summed E-state index contributed by atoms with van der Waals surface area (Å²) in [7, 11) is 0. The molecule has 0 aliphatic carbocycles. The van der Waals surface area contributed by atoms with Crippen molar-refractivity contribution in [2.75, 3.05) is 56.0 Å². The van der Waals surface area contributed by atoms with Crippen LogP contribution in [0.3, 0.4) is 0 Å². The fraction of sp³-hybridized carbons (Fsp3) is 0.462. The first-order chi connectivity index (χ1) is 15.9. The Hall–Kier alpha value is -2.35. The Bertz CT molecular complexity index is 1000. The number of hydrogen-bond donors (Lipinski definition) is 1. The molecule has 33 heavy (non-hydrogen) atoms. The molecule has 0 aromatic heterocycles. The lowest BCUT2D eigenvalue weighted by Crippen LogP contribution is -2.51. The fourth-order valence-corrected chi connectivity index (χ4v) is 5.52. The molecule has 2 amide bonds. The van der Waals surface area contributed by atoms with E-state index >= 15 is 0 Å². The number of aryl methyl sites for hydroxylation is 1. The van der Waals surface area contributed by atoms with Crippen molar-refractivity contribution < 1.29 is 9.59 Å². The van der Waals surface area contributed by atoms with Crippen molar-refractivity contribution in [3.63, 3.8) is 0 Å². The highest BCUT2D eigenvalue weighted by molar-refractivity contribution is 8.00. The van der Waals surface area contributed by atoms with E-state index in [9.17, 15) is 9.59 Å². The number of anilines is 2. The van der Waals surface area contributed by atoms with E-state index in [1.807, 2.05) is 47.9 Å². The van der Waals surface area contributed by atoms with E-state index in [-0.39, 0.29) is 11.8 Å². The van der Waals surface area contributed by atoms with Crippen molar-refractivity contribution in [3.8, 4) is 0 Å². The molecule has 2 aromatic rings. The lowest BCUT2D eigenvalue weighted by Gasteiger charge is -2.35. The number of piperazine rings is 1. The van der Waals surface area contributed by atoms with Crippen LogP contribution >= 0.6 is 11.8 Å². The summed E-state index contributed by atoms with van der Waals surface area (Å²) in [5.41, 5.74) is 4.20. The van der Waals surface area contributed by atoms with E-state index in [1.54, 1.807) is 0 Å². The van der Waals surface area contributed by atoms with Gasteiger partial charge >= 0.3 is 0 Å². The predicted octanol–water partition coefficient (Wildman–Crippen LogP) is 3.78. The van der Waals surface area contributed by atoms with Crippen molar-refractivity contribution >= 4 is 35.0 Å². The molecule has 2 heterocycles. The zero-order valence-corrected chi connectivity index (χ0v) is 20.7. The first-order valence-corrected chi connectivity index (χ1v) is 12.7. The standard InChI is InChI=1S/C26H34N4O2S/c1-19-7-6-8-22(21(19)3)27-25(31)17-28-13-15-29(16-14-28)18-26(32)30-12-11-20(2)33-24-10-5-4-9-23(24)30/h4-10,20H,11-18H2,1-3H3,(H,27,31). The van der Waals surface area contributed by atoms with Gasteiger partial charge in [0.1, 0.15) is 0 Å². The zero-order chi connectivity index (χ0) is 23.4. The molecule has 7 heteroatoms. The second-order valence-corrected chi connectivity index (χ2v) is 10.6. The summed E-state index contributed by atoms with van der Waals surface area (Å²) in [6.07, 6.45) is 0.994. The van der Waals surface area contributed by atoms with Crippen LogP contribution in [0.25, 0.3) is 0 Å². The minimum absolute atomic E-state index is 0.0148. The summed E-state index contributed by atoms with van der Waals surface area (Å²) in [6, 6.07) is 14.2. The molecule has 6 nitrogen and oxygen atoms in total. The van der Waals surface area contributed by atoms with Gasteiger partial charge in [-0.15, -0.1) is 11.8 Å². The maximum Gasteiger partial charge on any atom is 0.241 e. The van der Waals surface area contributed by atoms with Gasteiger partial charge in [-0.1, -0.05) is 31.2 Å². The van der Waals surface area contributed by atoms with Gasteiger partial charge in [0.15, 0.2) is 0 Å². The van der Waals surface area contributed by atoms with Gasteiger partial charge in [-0.25, -0.2) is 0 Å². The van der Waals surface area contributed by atoms with Gasteiger partial charge < -0.3 is 10.2 Å².